The highest BCUT2D eigenvalue weighted by atomic mass is 16.3. The first-order chi connectivity index (χ1) is 12.8. The van der Waals surface area contributed by atoms with E-state index in [4.69, 9.17) is 5.73 Å². The molecule has 0 saturated carbocycles. The van der Waals surface area contributed by atoms with Crippen LogP contribution in [0.2, 0.25) is 0 Å². The highest BCUT2D eigenvalue weighted by molar-refractivity contribution is 5.91. The number of aryl methyl sites for hydroxylation is 1. The largest absolute Gasteiger partial charge is 0.508 e. The van der Waals surface area contributed by atoms with E-state index >= 15 is 0 Å². The zero-order valence-electron chi connectivity index (χ0n) is 15.4. The van der Waals surface area contributed by atoms with Crippen molar-refractivity contribution >= 4 is 17.7 Å². The number of rotatable bonds is 7. The topological polar surface area (TPSA) is 136 Å². The van der Waals surface area contributed by atoms with Gasteiger partial charge in [0.15, 0.2) is 0 Å². The maximum absolute atomic E-state index is 12.7. The van der Waals surface area contributed by atoms with Gasteiger partial charge < -0.3 is 31.1 Å². The van der Waals surface area contributed by atoms with Gasteiger partial charge in [-0.05, 0) is 25.1 Å². The van der Waals surface area contributed by atoms with Crippen LogP contribution in [0.25, 0.3) is 0 Å². The molecule has 0 spiro atoms. The lowest BCUT2D eigenvalue weighted by molar-refractivity contribution is -0.139. The number of aromatic hydroxyl groups is 2. The van der Waals surface area contributed by atoms with Crippen LogP contribution in [0.15, 0.2) is 18.2 Å². The fourth-order valence-electron chi connectivity index (χ4n) is 2.93. The Morgan fingerprint density at radius 1 is 1.19 bits per heavy atom. The van der Waals surface area contributed by atoms with Crippen LogP contribution in [0.5, 0.6) is 11.5 Å². The van der Waals surface area contributed by atoms with E-state index < -0.39 is 17.9 Å². The molecular formula is C18H26N4O5. The molecule has 5 N–H and O–H groups in total. The fourth-order valence-corrected chi connectivity index (χ4v) is 2.93. The number of piperazine rings is 1. The molecule has 1 aliphatic heterocycles. The number of carbonyl (C=O) groups is 3. The molecule has 27 heavy (non-hydrogen) atoms. The summed E-state index contributed by atoms with van der Waals surface area (Å²) in [5.41, 5.74) is 5.73. The molecule has 0 aliphatic carbocycles. The summed E-state index contributed by atoms with van der Waals surface area (Å²) in [7, 11) is 1.96. The van der Waals surface area contributed by atoms with Crippen LogP contribution in [0.3, 0.4) is 0 Å². The number of hydrogen-bond acceptors (Lipinski definition) is 6. The van der Waals surface area contributed by atoms with E-state index in [-0.39, 0.29) is 36.7 Å². The number of phenolic OH excluding ortho intramolecular Hbond substituents is 2. The summed E-state index contributed by atoms with van der Waals surface area (Å²) in [5, 5.41) is 21.6. The SMILES string of the molecule is CN1CCN(C(=O)[C@H](CC(N)=O)NC(=O)CCc2ccc(O)cc2O)CC1. The quantitative estimate of drug-likeness (QED) is 0.489. The Bertz CT molecular complexity index is 701. The van der Waals surface area contributed by atoms with Crippen LogP contribution in [-0.2, 0) is 20.8 Å². The van der Waals surface area contributed by atoms with E-state index in [2.05, 4.69) is 10.2 Å². The molecule has 1 saturated heterocycles. The average molecular weight is 378 g/mol. The number of primary amides is 1. The zero-order valence-corrected chi connectivity index (χ0v) is 15.4. The molecule has 1 heterocycles. The van der Waals surface area contributed by atoms with Crippen molar-refractivity contribution in [2.75, 3.05) is 33.2 Å². The van der Waals surface area contributed by atoms with Gasteiger partial charge in [-0.15, -0.1) is 0 Å². The van der Waals surface area contributed by atoms with E-state index in [0.717, 1.165) is 13.1 Å². The molecule has 9 nitrogen and oxygen atoms in total. The molecule has 2 rings (SSSR count). The van der Waals surface area contributed by atoms with Gasteiger partial charge in [-0.25, -0.2) is 0 Å². The highest BCUT2D eigenvalue weighted by Gasteiger charge is 2.29. The highest BCUT2D eigenvalue weighted by Crippen LogP contribution is 2.23. The van der Waals surface area contributed by atoms with Gasteiger partial charge in [0, 0.05) is 38.7 Å². The molecule has 0 aromatic heterocycles. The summed E-state index contributed by atoms with van der Waals surface area (Å²) < 4.78 is 0. The Labute approximate surface area is 157 Å². The van der Waals surface area contributed by atoms with E-state index in [1.165, 1.54) is 18.2 Å². The van der Waals surface area contributed by atoms with Gasteiger partial charge in [0.1, 0.15) is 17.5 Å². The zero-order chi connectivity index (χ0) is 20.0. The number of amides is 3. The number of likely N-dealkylation sites (N-methyl/N-ethyl adjacent to an activating group) is 1. The summed E-state index contributed by atoms with van der Waals surface area (Å²) in [4.78, 5) is 40.0. The van der Waals surface area contributed by atoms with Crippen molar-refractivity contribution in [2.24, 2.45) is 5.73 Å². The second-order valence-electron chi connectivity index (χ2n) is 6.73. The first-order valence-corrected chi connectivity index (χ1v) is 8.82. The summed E-state index contributed by atoms with van der Waals surface area (Å²) in [5.74, 6) is -1.58. The monoisotopic (exact) mass is 378 g/mol. The standard InChI is InChI=1S/C18H26N4O5/c1-21-6-8-22(9-7-21)18(27)14(11-16(19)25)20-17(26)5-3-12-2-4-13(23)10-15(12)24/h2,4,10,14,23-24H,3,5-9,11H2,1H3,(H2,19,25)(H,20,26)/t14-/m0/s1. The number of benzene rings is 1. The number of hydrogen-bond donors (Lipinski definition) is 4. The van der Waals surface area contributed by atoms with Crippen molar-refractivity contribution in [3.8, 4) is 11.5 Å². The Morgan fingerprint density at radius 2 is 1.85 bits per heavy atom. The molecule has 1 aromatic carbocycles. The normalized spacial score (nSPS) is 16.0. The van der Waals surface area contributed by atoms with Crippen molar-refractivity contribution in [3.63, 3.8) is 0 Å². The number of nitrogens with two attached hydrogens (primary N) is 1. The lowest BCUT2D eigenvalue weighted by atomic mass is 10.1. The van der Waals surface area contributed by atoms with Gasteiger partial charge in [-0.3, -0.25) is 14.4 Å². The third-order valence-corrected chi connectivity index (χ3v) is 4.54. The van der Waals surface area contributed by atoms with Gasteiger partial charge in [-0.1, -0.05) is 6.07 Å². The first-order valence-electron chi connectivity index (χ1n) is 8.82. The Balaban J connectivity index is 1.94. The van der Waals surface area contributed by atoms with Gasteiger partial charge in [0.25, 0.3) is 0 Å². The van der Waals surface area contributed by atoms with Crippen LogP contribution in [0, 0.1) is 0 Å². The Hall–Kier alpha value is -2.81. The van der Waals surface area contributed by atoms with Crippen molar-refractivity contribution in [1.29, 1.82) is 0 Å². The molecule has 1 aromatic rings. The van der Waals surface area contributed by atoms with Crippen LogP contribution < -0.4 is 11.1 Å². The molecule has 0 radical (unpaired) electrons. The first kappa shape index (κ1) is 20.5. The third-order valence-electron chi connectivity index (χ3n) is 4.54. The van der Waals surface area contributed by atoms with Crippen molar-refractivity contribution < 1.29 is 24.6 Å². The van der Waals surface area contributed by atoms with E-state index in [9.17, 15) is 24.6 Å². The van der Waals surface area contributed by atoms with Crippen LogP contribution >= 0.6 is 0 Å². The smallest absolute Gasteiger partial charge is 0.245 e. The van der Waals surface area contributed by atoms with E-state index in [0.29, 0.717) is 18.7 Å². The third kappa shape index (κ3) is 6.14. The maximum Gasteiger partial charge on any atom is 0.245 e. The number of phenols is 2. The molecule has 148 valence electrons. The molecule has 1 aliphatic rings. The van der Waals surface area contributed by atoms with Gasteiger partial charge in [0.05, 0.1) is 6.42 Å². The minimum Gasteiger partial charge on any atom is -0.508 e. The maximum atomic E-state index is 12.7. The fraction of sp³-hybridized carbons (Fsp3) is 0.500. The van der Waals surface area contributed by atoms with Crippen LogP contribution in [0.4, 0.5) is 0 Å². The predicted octanol–water partition coefficient (Wildman–Crippen LogP) is -0.835. The molecule has 1 atom stereocenters. The Kier molecular flexibility index (Phi) is 7.00. The van der Waals surface area contributed by atoms with Gasteiger partial charge >= 0.3 is 0 Å². The van der Waals surface area contributed by atoms with Gasteiger partial charge in [0.2, 0.25) is 17.7 Å². The lowest BCUT2D eigenvalue weighted by Gasteiger charge is -2.34. The molecule has 9 heteroatoms. The van der Waals surface area contributed by atoms with Crippen molar-refractivity contribution in [2.45, 2.75) is 25.3 Å². The van der Waals surface area contributed by atoms with Crippen molar-refractivity contribution in [3.05, 3.63) is 23.8 Å². The summed E-state index contributed by atoms with van der Waals surface area (Å²) in [6, 6.07) is 3.14. The van der Waals surface area contributed by atoms with E-state index in [1.807, 2.05) is 7.05 Å². The molecule has 3 amide bonds. The van der Waals surface area contributed by atoms with Crippen LogP contribution in [0.1, 0.15) is 18.4 Å². The predicted molar refractivity (Wildman–Crippen MR) is 97.9 cm³/mol. The van der Waals surface area contributed by atoms with Crippen LogP contribution in [-0.4, -0.2) is 77.0 Å². The second kappa shape index (κ2) is 9.22. The summed E-state index contributed by atoms with van der Waals surface area (Å²) in [6.45, 7) is 2.51. The summed E-state index contributed by atoms with van der Waals surface area (Å²) >= 11 is 0. The van der Waals surface area contributed by atoms with E-state index in [1.54, 1.807) is 4.90 Å². The van der Waals surface area contributed by atoms with Crippen molar-refractivity contribution in [1.82, 2.24) is 15.1 Å². The minimum atomic E-state index is -0.994. The molecule has 1 fully saturated rings. The average Bonchev–Trinajstić information content (AvgIpc) is 2.60. The number of carbonyl (C=O) groups excluding carboxylic acids is 3. The lowest BCUT2D eigenvalue weighted by Crippen LogP contribution is -2.55. The second-order valence-corrected chi connectivity index (χ2v) is 6.73. The minimum absolute atomic E-state index is 0.0175. The number of nitrogens with zero attached hydrogens (tertiary/aromatic N) is 2. The molecule has 0 bridgehead atoms. The summed E-state index contributed by atoms with van der Waals surface area (Å²) in [6.07, 6.45) is -0.0189. The molecule has 0 unspecified atom stereocenters. The molecular weight excluding hydrogens is 352 g/mol. The Morgan fingerprint density at radius 3 is 2.44 bits per heavy atom. The number of nitrogens with one attached hydrogen (secondary N) is 1. The van der Waals surface area contributed by atoms with Gasteiger partial charge in [-0.2, -0.15) is 0 Å².